The first-order chi connectivity index (χ1) is 9.60. The Labute approximate surface area is 126 Å². The molecule has 1 saturated heterocycles. The average molecular weight is 341 g/mol. The number of nitrogens with one attached hydrogen (secondary N) is 1. The molecule has 1 aromatic heterocycles. The van der Waals surface area contributed by atoms with Gasteiger partial charge in [0.25, 0.3) is 5.91 Å². The maximum atomic E-state index is 12.3. The fourth-order valence-electron chi connectivity index (χ4n) is 2.08. The van der Waals surface area contributed by atoms with E-state index in [4.69, 9.17) is 0 Å². The standard InChI is InChI=1S/C13H17BrN4O2/c1-15-12(19)9-17-5-7-18(8-6-17)13(20)10-3-2-4-11(14)16-10/h2-4H,5-9H2,1H3,(H,15,19). The number of rotatable bonds is 3. The molecule has 0 bridgehead atoms. The molecule has 0 aromatic carbocycles. The number of piperazine rings is 1. The van der Waals surface area contributed by atoms with E-state index in [1.807, 2.05) is 4.90 Å². The topological polar surface area (TPSA) is 65.5 Å². The molecule has 20 heavy (non-hydrogen) atoms. The van der Waals surface area contributed by atoms with Gasteiger partial charge in [-0.2, -0.15) is 0 Å². The van der Waals surface area contributed by atoms with Gasteiger partial charge in [0.1, 0.15) is 10.3 Å². The fourth-order valence-corrected chi connectivity index (χ4v) is 2.42. The molecule has 0 radical (unpaired) electrons. The van der Waals surface area contributed by atoms with Crippen LogP contribution in [0.4, 0.5) is 0 Å². The maximum Gasteiger partial charge on any atom is 0.272 e. The van der Waals surface area contributed by atoms with Gasteiger partial charge in [-0.3, -0.25) is 14.5 Å². The average Bonchev–Trinajstić information content (AvgIpc) is 2.47. The van der Waals surface area contributed by atoms with E-state index in [0.29, 0.717) is 43.0 Å². The van der Waals surface area contributed by atoms with Crippen LogP contribution in [-0.4, -0.2) is 66.4 Å². The van der Waals surface area contributed by atoms with Crippen molar-refractivity contribution in [3.05, 3.63) is 28.5 Å². The van der Waals surface area contributed by atoms with Crippen molar-refractivity contribution in [2.75, 3.05) is 39.8 Å². The summed E-state index contributed by atoms with van der Waals surface area (Å²) in [6, 6.07) is 5.30. The molecule has 2 heterocycles. The van der Waals surface area contributed by atoms with Crippen LogP contribution in [0, 0.1) is 0 Å². The van der Waals surface area contributed by atoms with E-state index in [1.54, 1.807) is 30.1 Å². The van der Waals surface area contributed by atoms with Gasteiger partial charge in [0, 0.05) is 33.2 Å². The van der Waals surface area contributed by atoms with Gasteiger partial charge >= 0.3 is 0 Å². The van der Waals surface area contributed by atoms with Crippen molar-refractivity contribution in [3.8, 4) is 0 Å². The van der Waals surface area contributed by atoms with Crippen LogP contribution in [0.1, 0.15) is 10.5 Å². The molecule has 1 fully saturated rings. The quantitative estimate of drug-likeness (QED) is 0.806. The molecule has 2 amide bonds. The first-order valence-corrected chi connectivity index (χ1v) is 7.24. The summed E-state index contributed by atoms with van der Waals surface area (Å²) in [6.07, 6.45) is 0. The van der Waals surface area contributed by atoms with Gasteiger partial charge in [-0.15, -0.1) is 0 Å². The molecule has 2 rings (SSSR count). The molecule has 6 nitrogen and oxygen atoms in total. The highest BCUT2D eigenvalue weighted by Crippen LogP contribution is 2.10. The molecule has 1 aliphatic rings. The Kier molecular flexibility index (Phi) is 5.08. The monoisotopic (exact) mass is 340 g/mol. The molecule has 0 unspecified atom stereocenters. The lowest BCUT2D eigenvalue weighted by Crippen LogP contribution is -2.51. The SMILES string of the molecule is CNC(=O)CN1CCN(C(=O)c2cccc(Br)n2)CC1. The van der Waals surface area contributed by atoms with Crippen molar-refractivity contribution in [2.45, 2.75) is 0 Å². The Balaban J connectivity index is 1.90. The first kappa shape index (κ1) is 14.9. The minimum absolute atomic E-state index is 0.00145. The molecule has 0 atom stereocenters. The van der Waals surface area contributed by atoms with E-state index in [9.17, 15) is 9.59 Å². The lowest BCUT2D eigenvalue weighted by molar-refractivity contribution is -0.122. The molecule has 0 aliphatic carbocycles. The molecule has 0 spiro atoms. The van der Waals surface area contributed by atoms with Crippen LogP contribution in [0.15, 0.2) is 22.8 Å². The second-order valence-electron chi connectivity index (χ2n) is 4.59. The molecule has 1 N–H and O–H groups in total. The Morgan fingerprint density at radius 2 is 2.00 bits per heavy atom. The number of likely N-dealkylation sites (N-methyl/N-ethyl adjacent to an activating group) is 1. The number of hydrogen-bond donors (Lipinski definition) is 1. The summed E-state index contributed by atoms with van der Waals surface area (Å²) in [5.74, 6) is -0.0654. The number of hydrogen-bond acceptors (Lipinski definition) is 4. The van der Waals surface area contributed by atoms with Gasteiger partial charge in [0.15, 0.2) is 0 Å². The zero-order valence-corrected chi connectivity index (χ0v) is 12.9. The van der Waals surface area contributed by atoms with E-state index >= 15 is 0 Å². The van der Waals surface area contributed by atoms with Crippen LogP contribution in [0.25, 0.3) is 0 Å². The summed E-state index contributed by atoms with van der Waals surface area (Å²) in [4.78, 5) is 31.6. The van der Waals surface area contributed by atoms with E-state index in [-0.39, 0.29) is 11.8 Å². The van der Waals surface area contributed by atoms with Crippen LogP contribution in [0.5, 0.6) is 0 Å². The first-order valence-electron chi connectivity index (χ1n) is 6.45. The van der Waals surface area contributed by atoms with Crippen LogP contribution < -0.4 is 5.32 Å². The highest BCUT2D eigenvalue weighted by molar-refractivity contribution is 9.10. The number of amides is 2. The van der Waals surface area contributed by atoms with E-state index in [1.165, 1.54) is 0 Å². The number of halogens is 1. The number of carbonyl (C=O) groups is 2. The summed E-state index contributed by atoms with van der Waals surface area (Å²) >= 11 is 3.26. The summed E-state index contributed by atoms with van der Waals surface area (Å²) < 4.78 is 0.654. The second kappa shape index (κ2) is 6.81. The van der Waals surface area contributed by atoms with E-state index in [2.05, 4.69) is 26.2 Å². The van der Waals surface area contributed by atoms with Gasteiger partial charge < -0.3 is 10.2 Å². The van der Waals surface area contributed by atoms with Crippen LogP contribution >= 0.6 is 15.9 Å². The third-order valence-corrected chi connectivity index (χ3v) is 3.68. The second-order valence-corrected chi connectivity index (χ2v) is 5.40. The number of pyridine rings is 1. The highest BCUT2D eigenvalue weighted by atomic mass is 79.9. The fraction of sp³-hybridized carbons (Fsp3) is 0.462. The Morgan fingerprint density at radius 3 is 2.60 bits per heavy atom. The minimum Gasteiger partial charge on any atom is -0.358 e. The lowest BCUT2D eigenvalue weighted by Gasteiger charge is -2.34. The third-order valence-electron chi connectivity index (χ3n) is 3.24. The van der Waals surface area contributed by atoms with E-state index in [0.717, 1.165) is 0 Å². The van der Waals surface area contributed by atoms with Crippen molar-refractivity contribution < 1.29 is 9.59 Å². The zero-order valence-electron chi connectivity index (χ0n) is 11.3. The largest absolute Gasteiger partial charge is 0.358 e. The van der Waals surface area contributed by atoms with Crippen LogP contribution in [0.3, 0.4) is 0 Å². The molecule has 1 aromatic rings. The number of nitrogens with zero attached hydrogens (tertiary/aromatic N) is 3. The van der Waals surface area contributed by atoms with Gasteiger partial charge in [-0.05, 0) is 28.1 Å². The normalized spacial score (nSPS) is 16.0. The van der Waals surface area contributed by atoms with E-state index < -0.39 is 0 Å². The highest BCUT2D eigenvalue weighted by Gasteiger charge is 2.23. The predicted molar refractivity (Wildman–Crippen MR) is 78.3 cm³/mol. The van der Waals surface area contributed by atoms with Crippen molar-refractivity contribution in [1.82, 2.24) is 20.1 Å². The number of aromatic nitrogens is 1. The molecule has 1 aliphatic heterocycles. The Bertz CT molecular complexity index is 501. The summed E-state index contributed by atoms with van der Waals surface area (Å²) in [7, 11) is 1.63. The summed E-state index contributed by atoms with van der Waals surface area (Å²) in [6.45, 7) is 3.02. The van der Waals surface area contributed by atoms with Gasteiger partial charge in [0.2, 0.25) is 5.91 Å². The smallest absolute Gasteiger partial charge is 0.272 e. The van der Waals surface area contributed by atoms with Gasteiger partial charge in [-0.25, -0.2) is 4.98 Å². The third kappa shape index (κ3) is 3.77. The van der Waals surface area contributed by atoms with Gasteiger partial charge in [-0.1, -0.05) is 6.07 Å². The molecule has 7 heteroatoms. The van der Waals surface area contributed by atoms with Crippen molar-refractivity contribution >= 4 is 27.7 Å². The summed E-state index contributed by atoms with van der Waals surface area (Å²) in [5.41, 5.74) is 0.444. The minimum atomic E-state index is -0.0640. The van der Waals surface area contributed by atoms with Crippen molar-refractivity contribution in [3.63, 3.8) is 0 Å². The Hall–Kier alpha value is -1.47. The molecular formula is C13H17BrN4O2. The van der Waals surface area contributed by atoms with Gasteiger partial charge in [0.05, 0.1) is 6.54 Å². The van der Waals surface area contributed by atoms with Crippen LogP contribution in [0.2, 0.25) is 0 Å². The van der Waals surface area contributed by atoms with Crippen molar-refractivity contribution in [2.24, 2.45) is 0 Å². The van der Waals surface area contributed by atoms with Crippen molar-refractivity contribution in [1.29, 1.82) is 0 Å². The zero-order chi connectivity index (χ0) is 14.5. The number of carbonyl (C=O) groups excluding carboxylic acids is 2. The molecule has 108 valence electrons. The predicted octanol–water partition coefficient (Wildman–Crippen LogP) is 0.348. The van der Waals surface area contributed by atoms with Crippen LogP contribution in [-0.2, 0) is 4.79 Å². The Morgan fingerprint density at radius 1 is 1.30 bits per heavy atom. The molecular weight excluding hydrogens is 324 g/mol. The summed E-state index contributed by atoms with van der Waals surface area (Å²) in [5, 5.41) is 2.60. The lowest BCUT2D eigenvalue weighted by atomic mass is 10.2. The molecule has 0 saturated carbocycles. The maximum absolute atomic E-state index is 12.3.